The van der Waals surface area contributed by atoms with Crippen molar-refractivity contribution in [3.8, 4) is 0 Å². The summed E-state index contributed by atoms with van der Waals surface area (Å²) < 4.78 is 0. The largest absolute Gasteiger partial charge is 0.345 e. The Bertz CT molecular complexity index is 431. The topological polar surface area (TPSA) is 83.5 Å². The minimum atomic E-state index is -0.782. The molecule has 0 saturated carbocycles. The summed E-state index contributed by atoms with van der Waals surface area (Å²) in [7, 11) is 0. The molecule has 6 heteroatoms. The predicted molar refractivity (Wildman–Crippen MR) is 67.9 cm³/mol. The first-order valence-electron chi connectivity index (χ1n) is 5.67. The van der Waals surface area contributed by atoms with Gasteiger partial charge in [-0.3, -0.25) is 14.6 Å². The van der Waals surface area contributed by atoms with Crippen molar-refractivity contribution in [3.63, 3.8) is 0 Å². The second-order valence-corrected chi connectivity index (χ2v) is 3.77. The van der Waals surface area contributed by atoms with E-state index in [1.165, 1.54) is 6.21 Å². The lowest BCUT2D eigenvalue weighted by molar-refractivity contribution is -0.139. The summed E-state index contributed by atoms with van der Waals surface area (Å²) in [5, 5.41) is 6.21. The summed E-state index contributed by atoms with van der Waals surface area (Å²) in [4.78, 5) is 26.6. The summed E-state index contributed by atoms with van der Waals surface area (Å²) in [6.45, 7) is 3.74. The number of aromatic nitrogens is 1. The van der Waals surface area contributed by atoms with Crippen molar-refractivity contribution in [3.05, 3.63) is 30.1 Å². The number of nitrogens with zero attached hydrogens (tertiary/aromatic N) is 2. The molecule has 0 aliphatic carbocycles. The van der Waals surface area contributed by atoms with Gasteiger partial charge in [-0.1, -0.05) is 13.0 Å². The van der Waals surface area contributed by atoms with E-state index in [4.69, 9.17) is 0 Å². The van der Waals surface area contributed by atoms with Gasteiger partial charge in [0.1, 0.15) is 0 Å². The molecule has 2 N–H and O–H groups in total. The minimum Gasteiger partial charge on any atom is -0.345 e. The lowest BCUT2D eigenvalue weighted by atomic mass is 10.2. The van der Waals surface area contributed by atoms with Gasteiger partial charge < -0.3 is 5.32 Å². The zero-order chi connectivity index (χ0) is 13.4. The van der Waals surface area contributed by atoms with Crippen molar-refractivity contribution in [2.24, 2.45) is 5.10 Å². The Hall–Kier alpha value is -2.24. The van der Waals surface area contributed by atoms with Crippen LogP contribution in [0.1, 0.15) is 25.8 Å². The number of hydrogen-bond acceptors (Lipinski definition) is 4. The molecule has 1 atom stereocenters. The van der Waals surface area contributed by atoms with Gasteiger partial charge in [0.2, 0.25) is 0 Å². The molecular weight excluding hydrogens is 232 g/mol. The Labute approximate surface area is 105 Å². The van der Waals surface area contributed by atoms with Crippen molar-refractivity contribution in [2.75, 3.05) is 0 Å². The average molecular weight is 248 g/mol. The van der Waals surface area contributed by atoms with E-state index in [9.17, 15) is 9.59 Å². The van der Waals surface area contributed by atoms with Crippen LogP contribution in [0.3, 0.4) is 0 Å². The molecule has 1 aromatic heterocycles. The fraction of sp³-hybridized carbons (Fsp3) is 0.333. The molecule has 1 aromatic rings. The van der Waals surface area contributed by atoms with Crippen molar-refractivity contribution in [1.29, 1.82) is 0 Å². The second kappa shape index (κ2) is 7.16. The molecule has 1 heterocycles. The minimum absolute atomic E-state index is 0.0365. The molecule has 0 unspecified atom stereocenters. The Morgan fingerprint density at radius 3 is 2.89 bits per heavy atom. The molecule has 18 heavy (non-hydrogen) atoms. The molecule has 0 aromatic carbocycles. The second-order valence-electron chi connectivity index (χ2n) is 3.77. The van der Waals surface area contributed by atoms with Gasteiger partial charge in [-0.05, 0) is 19.4 Å². The Kier molecular flexibility index (Phi) is 5.50. The van der Waals surface area contributed by atoms with Gasteiger partial charge in [0.05, 0.1) is 6.21 Å². The van der Waals surface area contributed by atoms with Gasteiger partial charge in [0.25, 0.3) is 0 Å². The molecule has 0 aliphatic rings. The maximum absolute atomic E-state index is 11.3. The third kappa shape index (κ3) is 4.73. The van der Waals surface area contributed by atoms with E-state index in [1.54, 1.807) is 24.5 Å². The number of amides is 2. The van der Waals surface area contributed by atoms with Crippen molar-refractivity contribution in [1.82, 2.24) is 15.7 Å². The van der Waals surface area contributed by atoms with Crippen molar-refractivity contribution < 1.29 is 9.59 Å². The molecule has 6 nitrogen and oxygen atoms in total. The van der Waals surface area contributed by atoms with Crippen LogP contribution in [0.5, 0.6) is 0 Å². The highest BCUT2D eigenvalue weighted by Crippen LogP contribution is 1.90. The lowest BCUT2D eigenvalue weighted by Crippen LogP contribution is -2.41. The fourth-order valence-electron chi connectivity index (χ4n) is 1.06. The first kappa shape index (κ1) is 13.8. The summed E-state index contributed by atoms with van der Waals surface area (Å²) >= 11 is 0. The maximum atomic E-state index is 11.3. The van der Waals surface area contributed by atoms with E-state index >= 15 is 0 Å². The highest BCUT2D eigenvalue weighted by Gasteiger charge is 2.13. The summed E-state index contributed by atoms with van der Waals surface area (Å²) in [5.41, 5.74) is 2.89. The molecule has 0 spiro atoms. The molecule has 0 fully saturated rings. The normalized spacial score (nSPS) is 12.1. The number of pyridine rings is 1. The number of hydrogen-bond donors (Lipinski definition) is 2. The maximum Gasteiger partial charge on any atom is 0.329 e. The highest BCUT2D eigenvalue weighted by atomic mass is 16.2. The lowest BCUT2D eigenvalue weighted by Gasteiger charge is -2.09. The first-order valence-corrected chi connectivity index (χ1v) is 5.67. The molecule has 0 radical (unpaired) electrons. The molecule has 96 valence electrons. The van der Waals surface area contributed by atoms with Gasteiger partial charge in [-0.25, -0.2) is 5.43 Å². The van der Waals surface area contributed by atoms with Crippen LogP contribution in [-0.4, -0.2) is 29.1 Å². The van der Waals surface area contributed by atoms with Gasteiger partial charge in [0, 0.05) is 24.0 Å². The summed E-state index contributed by atoms with van der Waals surface area (Å²) in [6.07, 6.45) is 5.41. The van der Waals surface area contributed by atoms with Gasteiger partial charge >= 0.3 is 11.8 Å². The van der Waals surface area contributed by atoms with Gasteiger partial charge in [-0.15, -0.1) is 0 Å². The van der Waals surface area contributed by atoms with Crippen LogP contribution < -0.4 is 10.7 Å². The summed E-state index contributed by atoms with van der Waals surface area (Å²) in [5.74, 6) is -1.47. The standard InChI is InChI=1S/C12H16N4O2/c1-3-9(2)15-11(17)12(18)16-14-8-10-5-4-6-13-7-10/h4-9H,3H2,1-2H3,(H,15,17)(H,16,18)/b14-8-/t9-/m1/s1. The van der Waals surface area contributed by atoms with E-state index in [2.05, 4.69) is 20.8 Å². The zero-order valence-corrected chi connectivity index (χ0v) is 10.4. The molecule has 2 amide bonds. The Morgan fingerprint density at radius 1 is 1.50 bits per heavy atom. The third-order valence-corrected chi connectivity index (χ3v) is 2.26. The van der Waals surface area contributed by atoms with Crippen LogP contribution in [0.15, 0.2) is 29.6 Å². The van der Waals surface area contributed by atoms with Crippen molar-refractivity contribution in [2.45, 2.75) is 26.3 Å². The van der Waals surface area contributed by atoms with E-state index in [1.807, 2.05) is 13.8 Å². The van der Waals surface area contributed by atoms with Crippen LogP contribution in [0.2, 0.25) is 0 Å². The number of carbonyl (C=O) groups excluding carboxylic acids is 2. The molecule has 0 bridgehead atoms. The predicted octanol–water partition coefficient (Wildman–Crippen LogP) is 0.446. The monoisotopic (exact) mass is 248 g/mol. The zero-order valence-electron chi connectivity index (χ0n) is 10.4. The van der Waals surface area contributed by atoms with Gasteiger partial charge in [-0.2, -0.15) is 5.10 Å². The Balaban J connectivity index is 2.41. The van der Waals surface area contributed by atoms with Crippen LogP contribution >= 0.6 is 0 Å². The van der Waals surface area contributed by atoms with Gasteiger partial charge in [0.15, 0.2) is 0 Å². The highest BCUT2D eigenvalue weighted by molar-refractivity contribution is 6.35. The van der Waals surface area contributed by atoms with Crippen LogP contribution in [0, 0.1) is 0 Å². The first-order chi connectivity index (χ1) is 8.63. The number of hydrazone groups is 1. The third-order valence-electron chi connectivity index (χ3n) is 2.26. The fourth-order valence-corrected chi connectivity index (χ4v) is 1.06. The van der Waals surface area contributed by atoms with E-state index < -0.39 is 11.8 Å². The van der Waals surface area contributed by atoms with Crippen LogP contribution in [0.4, 0.5) is 0 Å². The van der Waals surface area contributed by atoms with E-state index in [0.29, 0.717) is 0 Å². The van der Waals surface area contributed by atoms with Crippen LogP contribution in [0.25, 0.3) is 0 Å². The smallest absolute Gasteiger partial charge is 0.329 e. The molecule has 1 rings (SSSR count). The number of carbonyl (C=O) groups is 2. The Morgan fingerprint density at radius 2 is 2.28 bits per heavy atom. The van der Waals surface area contributed by atoms with E-state index in [-0.39, 0.29) is 6.04 Å². The summed E-state index contributed by atoms with van der Waals surface area (Å²) in [6, 6.07) is 3.49. The SMILES string of the molecule is CC[C@@H](C)NC(=O)C(=O)N/N=C\c1cccnc1. The molecule has 0 aliphatic heterocycles. The average Bonchev–Trinajstić information content (AvgIpc) is 2.39. The van der Waals surface area contributed by atoms with Crippen LogP contribution in [-0.2, 0) is 9.59 Å². The van der Waals surface area contributed by atoms with E-state index in [0.717, 1.165) is 12.0 Å². The quantitative estimate of drug-likeness (QED) is 0.461. The molecule has 0 saturated heterocycles. The molecular formula is C12H16N4O2. The number of rotatable bonds is 4. The number of nitrogens with one attached hydrogen (secondary N) is 2. The van der Waals surface area contributed by atoms with Crippen molar-refractivity contribution >= 4 is 18.0 Å².